The molecule has 5 fully saturated rings. The van der Waals surface area contributed by atoms with Gasteiger partial charge in [-0.25, -0.2) is 0 Å². The van der Waals surface area contributed by atoms with E-state index in [2.05, 4.69) is 54.5 Å². The van der Waals surface area contributed by atoms with E-state index in [4.69, 9.17) is 9.47 Å². The van der Waals surface area contributed by atoms with Crippen LogP contribution in [-0.2, 0) is 9.47 Å². The second-order valence-corrected chi connectivity index (χ2v) is 14.1. The molecule has 0 aromatic carbocycles. The number of ether oxygens (including phenoxy) is 2. The summed E-state index contributed by atoms with van der Waals surface area (Å²) in [6.07, 6.45) is 15.2. The van der Waals surface area contributed by atoms with E-state index in [9.17, 15) is 0 Å². The Kier molecular flexibility index (Phi) is 5.73. The second-order valence-electron chi connectivity index (χ2n) is 14.1. The Morgan fingerprint density at radius 3 is 2.25 bits per heavy atom. The molecular formula is C30H50O2. The van der Waals surface area contributed by atoms with Crippen molar-refractivity contribution in [1.82, 2.24) is 0 Å². The van der Waals surface area contributed by atoms with Gasteiger partial charge in [0.15, 0.2) is 6.29 Å². The molecular weight excluding hydrogens is 392 g/mol. The number of fused-ring (bicyclic) bond motifs is 2. The van der Waals surface area contributed by atoms with Crippen molar-refractivity contribution < 1.29 is 9.47 Å². The molecule has 0 amide bonds. The van der Waals surface area contributed by atoms with Crippen molar-refractivity contribution in [3.05, 3.63) is 11.6 Å². The molecule has 5 aliphatic carbocycles. The molecule has 6 rings (SSSR count). The summed E-state index contributed by atoms with van der Waals surface area (Å²) in [5, 5.41) is 0. The van der Waals surface area contributed by atoms with Crippen LogP contribution < -0.4 is 0 Å². The van der Waals surface area contributed by atoms with E-state index in [1.54, 1.807) is 5.57 Å². The summed E-state index contributed by atoms with van der Waals surface area (Å²) in [5.41, 5.74) is 4.00. The minimum absolute atomic E-state index is 0.0898. The molecule has 4 saturated carbocycles. The zero-order valence-electron chi connectivity index (χ0n) is 22.1. The number of hydrogen-bond donors (Lipinski definition) is 0. The van der Waals surface area contributed by atoms with E-state index < -0.39 is 0 Å². The lowest BCUT2D eigenvalue weighted by Crippen LogP contribution is -2.34. The number of hydrogen-bond acceptors (Lipinski definition) is 2. The fourth-order valence-corrected chi connectivity index (χ4v) is 10.3. The minimum atomic E-state index is 0.0898. The number of allylic oxidation sites excluding steroid dienone is 2. The van der Waals surface area contributed by atoms with Crippen molar-refractivity contribution in [2.75, 3.05) is 13.2 Å². The zero-order chi connectivity index (χ0) is 22.9. The van der Waals surface area contributed by atoms with Gasteiger partial charge in [-0.2, -0.15) is 0 Å². The Balaban J connectivity index is 0.000000136. The van der Waals surface area contributed by atoms with Gasteiger partial charge >= 0.3 is 0 Å². The summed E-state index contributed by atoms with van der Waals surface area (Å²) in [4.78, 5) is 0. The maximum atomic E-state index is 5.71. The van der Waals surface area contributed by atoms with E-state index in [1.807, 2.05) is 0 Å². The van der Waals surface area contributed by atoms with Crippen LogP contribution in [0.5, 0.6) is 0 Å². The standard InChI is InChI=1S/C15H26O2.C15H24/c1-11-4-5-12-14(2,3)6-7-15(11,12)10-13-16-8-9-17-13;1-10-7-8-15-9-12(10)14(3,4)13(15)6-5-11(15)2/h11-13H,4-10H2,1-3H3;7,11-13H,5-6,8-9H2,1-4H3/t11-,12+,15-;11-,12+,13+,15+/m11/s1. The lowest BCUT2D eigenvalue weighted by atomic mass is 9.67. The third-order valence-corrected chi connectivity index (χ3v) is 12.3. The summed E-state index contributed by atoms with van der Waals surface area (Å²) in [6.45, 7) is 18.9. The molecule has 2 heteroatoms. The zero-order valence-corrected chi connectivity index (χ0v) is 22.1. The fraction of sp³-hybridized carbons (Fsp3) is 0.933. The molecule has 1 heterocycles. The molecule has 2 bridgehead atoms. The van der Waals surface area contributed by atoms with Crippen LogP contribution >= 0.6 is 0 Å². The van der Waals surface area contributed by atoms with Crippen molar-refractivity contribution in [1.29, 1.82) is 0 Å². The van der Waals surface area contributed by atoms with Gasteiger partial charge in [0.2, 0.25) is 0 Å². The molecule has 0 aromatic heterocycles. The van der Waals surface area contributed by atoms with Gasteiger partial charge in [-0.3, -0.25) is 0 Å². The summed E-state index contributed by atoms with van der Waals surface area (Å²) in [6, 6.07) is 0. The van der Waals surface area contributed by atoms with Crippen LogP contribution in [0.4, 0.5) is 0 Å². The van der Waals surface area contributed by atoms with Crippen molar-refractivity contribution >= 4 is 0 Å². The predicted molar refractivity (Wildman–Crippen MR) is 132 cm³/mol. The fourth-order valence-electron chi connectivity index (χ4n) is 10.3. The molecule has 182 valence electrons. The minimum Gasteiger partial charge on any atom is -0.350 e. The Morgan fingerprint density at radius 1 is 0.875 bits per heavy atom. The summed E-state index contributed by atoms with van der Waals surface area (Å²) < 4.78 is 11.4. The van der Waals surface area contributed by atoms with Crippen LogP contribution in [0.25, 0.3) is 0 Å². The molecule has 1 aliphatic heterocycles. The third kappa shape index (κ3) is 3.32. The van der Waals surface area contributed by atoms with Crippen LogP contribution in [0.3, 0.4) is 0 Å². The van der Waals surface area contributed by atoms with Gasteiger partial charge in [-0.05, 0) is 110 Å². The quantitative estimate of drug-likeness (QED) is 0.403. The first-order valence-corrected chi connectivity index (χ1v) is 13.9. The van der Waals surface area contributed by atoms with E-state index in [0.29, 0.717) is 21.7 Å². The lowest BCUT2D eigenvalue weighted by molar-refractivity contribution is -0.0873. The second kappa shape index (κ2) is 7.84. The first-order chi connectivity index (χ1) is 15.0. The Bertz CT molecular complexity index is 744. The maximum absolute atomic E-state index is 5.71. The molecule has 6 aliphatic rings. The molecule has 0 unspecified atom stereocenters. The van der Waals surface area contributed by atoms with E-state index in [1.165, 1.54) is 51.4 Å². The van der Waals surface area contributed by atoms with Gasteiger partial charge < -0.3 is 9.47 Å². The first-order valence-electron chi connectivity index (χ1n) is 13.9. The first kappa shape index (κ1) is 23.4. The van der Waals surface area contributed by atoms with Gasteiger partial charge in [0, 0.05) is 6.42 Å². The lowest BCUT2D eigenvalue weighted by Gasteiger charge is -2.39. The topological polar surface area (TPSA) is 18.5 Å². The highest BCUT2D eigenvalue weighted by Crippen LogP contribution is 2.71. The normalized spacial score (nSPS) is 48.2. The highest BCUT2D eigenvalue weighted by atomic mass is 16.7. The van der Waals surface area contributed by atoms with Gasteiger partial charge in [-0.1, -0.05) is 53.2 Å². The highest BCUT2D eigenvalue weighted by Gasteiger charge is 2.63. The maximum Gasteiger partial charge on any atom is 0.158 e. The monoisotopic (exact) mass is 442 g/mol. The van der Waals surface area contributed by atoms with Gasteiger partial charge in [0.1, 0.15) is 0 Å². The average Bonchev–Trinajstić information content (AvgIpc) is 3.50. The molecule has 1 spiro atoms. The SMILES string of the molecule is CC1=CC[C@@]23C[C@@H]1C(C)(C)[C@@H]2CC[C@H]3C.C[C@@H]1CC[C@H]2C(C)(C)CC[C@@]12CC1OCCO1. The summed E-state index contributed by atoms with van der Waals surface area (Å²) in [5.74, 6) is 4.59. The van der Waals surface area contributed by atoms with Crippen LogP contribution in [0.1, 0.15) is 106 Å². The van der Waals surface area contributed by atoms with Gasteiger partial charge in [-0.15, -0.1) is 0 Å². The molecule has 0 radical (unpaired) electrons. The van der Waals surface area contributed by atoms with Crippen LogP contribution in [-0.4, -0.2) is 19.5 Å². The van der Waals surface area contributed by atoms with Crippen LogP contribution in [0.2, 0.25) is 0 Å². The van der Waals surface area contributed by atoms with Gasteiger partial charge in [0.05, 0.1) is 13.2 Å². The molecule has 1 saturated heterocycles. The van der Waals surface area contributed by atoms with E-state index >= 15 is 0 Å². The van der Waals surface area contributed by atoms with E-state index in [0.717, 1.165) is 49.2 Å². The molecule has 0 aromatic rings. The predicted octanol–water partition coefficient (Wildman–Crippen LogP) is 8.02. The Labute approximate surface area is 198 Å². The molecule has 7 atom stereocenters. The van der Waals surface area contributed by atoms with Crippen molar-refractivity contribution in [3.63, 3.8) is 0 Å². The average molecular weight is 443 g/mol. The van der Waals surface area contributed by atoms with Crippen LogP contribution in [0.15, 0.2) is 11.6 Å². The number of rotatable bonds is 2. The van der Waals surface area contributed by atoms with Gasteiger partial charge in [0.25, 0.3) is 0 Å². The molecule has 2 nitrogen and oxygen atoms in total. The Morgan fingerprint density at radius 2 is 1.53 bits per heavy atom. The van der Waals surface area contributed by atoms with Crippen molar-refractivity contribution in [2.45, 2.75) is 113 Å². The van der Waals surface area contributed by atoms with Crippen molar-refractivity contribution in [2.24, 2.45) is 51.2 Å². The molecule has 32 heavy (non-hydrogen) atoms. The summed E-state index contributed by atoms with van der Waals surface area (Å²) in [7, 11) is 0. The van der Waals surface area contributed by atoms with Crippen molar-refractivity contribution in [3.8, 4) is 0 Å². The van der Waals surface area contributed by atoms with Crippen LogP contribution in [0, 0.1) is 51.2 Å². The highest BCUT2D eigenvalue weighted by molar-refractivity contribution is 5.25. The summed E-state index contributed by atoms with van der Waals surface area (Å²) >= 11 is 0. The largest absolute Gasteiger partial charge is 0.350 e. The Hall–Kier alpha value is -0.340. The smallest absolute Gasteiger partial charge is 0.158 e. The third-order valence-electron chi connectivity index (χ3n) is 12.3. The molecule has 0 N–H and O–H groups in total. The van der Waals surface area contributed by atoms with E-state index in [-0.39, 0.29) is 6.29 Å².